The van der Waals surface area contributed by atoms with Crippen molar-refractivity contribution in [1.29, 1.82) is 0 Å². The Kier molecular flexibility index (Phi) is 2.92. The van der Waals surface area contributed by atoms with E-state index in [0.29, 0.717) is 15.6 Å². The first-order valence-corrected chi connectivity index (χ1v) is 7.16. The fourth-order valence-corrected chi connectivity index (χ4v) is 3.45. The van der Waals surface area contributed by atoms with Gasteiger partial charge in [0.05, 0.1) is 22.9 Å². The van der Waals surface area contributed by atoms with Crippen molar-refractivity contribution in [2.75, 3.05) is 12.3 Å². The molecule has 1 aromatic heterocycles. The lowest BCUT2D eigenvalue weighted by atomic mass is 10.2. The third-order valence-corrected chi connectivity index (χ3v) is 4.93. The van der Waals surface area contributed by atoms with Gasteiger partial charge in [0.25, 0.3) is 5.91 Å². The Bertz CT molecular complexity index is 664. The first kappa shape index (κ1) is 12.7. The average molecular weight is 297 g/mol. The first-order valence-electron chi connectivity index (χ1n) is 5.96. The zero-order valence-corrected chi connectivity index (χ0v) is 11.6. The summed E-state index contributed by atoms with van der Waals surface area (Å²) in [6.07, 6.45) is 1.61. The topological polar surface area (TPSA) is 75.4 Å². The lowest BCUT2D eigenvalue weighted by Crippen LogP contribution is -2.39. The minimum atomic E-state index is -0.441. The van der Waals surface area contributed by atoms with E-state index in [1.165, 1.54) is 11.3 Å². The third-order valence-electron chi connectivity index (χ3n) is 3.44. The molecule has 1 aliphatic rings. The average Bonchev–Trinajstić information content (AvgIpc) is 3.07. The molecule has 6 heteroatoms. The highest BCUT2D eigenvalue weighted by molar-refractivity contribution is 7.21. The van der Waals surface area contributed by atoms with E-state index in [1.807, 2.05) is 12.1 Å². The molecule has 3 rings (SSSR count). The van der Waals surface area contributed by atoms with Gasteiger partial charge in [0.1, 0.15) is 4.88 Å². The maximum atomic E-state index is 12.2. The lowest BCUT2D eigenvalue weighted by Gasteiger charge is -2.13. The molecular formula is C13H13ClN2O2S. The number of rotatable bonds is 3. The van der Waals surface area contributed by atoms with Crippen LogP contribution in [0.1, 0.15) is 22.5 Å². The van der Waals surface area contributed by atoms with Crippen LogP contribution in [0.3, 0.4) is 0 Å². The maximum absolute atomic E-state index is 12.2. The van der Waals surface area contributed by atoms with Gasteiger partial charge in [-0.1, -0.05) is 17.7 Å². The van der Waals surface area contributed by atoms with Crippen molar-refractivity contribution in [3.63, 3.8) is 0 Å². The lowest BCUT2D eigenvalue weighted by molar-refractivity contribution is 0.0912. The predicted molar refractivity (Wildman–Crippen MR) is 77.8 cm³/mol. The molecule has 0 unspecified atom stereocenters. The molecule has 2 aromatic rings. The third kappa shape index (κ3) is 2.08. The molecule has 4 N–H and O–H groups in total. The number of benzene rings is 1. The second-order valence-corrected chi connectivity index (χ2v) is 6.31. The van der Waals surface area contributed by atoms with Crippen LogP contribution in [0.4, 0.5) is 5.69 Å². The number of anilines is 1. The number of aliphatic hydroxyl groups excluding tert-OH is 1. The van der Waals surface area contributed by atoms with E-state index in [0.717, 1.165) is 22.9 Å². The van der Waals surface area contributed by atoms with Gasteiger partial charge in [-0.25, -0.2) is 0 Å². The Morgan fingerprint density at radius 2 is 2.26 bits per heavy atom. The molecule has 0 spiro atoms. The van der Waals surface area contributed by atoms with Crippen LogP contribution in [-0.4, -0.2) is 23.2 Å². The summed E-state index contributed by atoms with van der Waals surface area (Å²) < 4.78 is 0.893. The number of aliphatic hydroxyl groups is 1. The van der Waals surface area contributed by atoms with Crippen LogP contribution in [0.25, 0.3) is 10.1 Å². The van der Waals surface area contributed by atoms with Gasteiger partial charge in [-0.2, -0.15) is 0 Å². The van der Waals surface area contributed by atoms with E-state index in [2.05, 4.69) is 5.32 Å². The summed E-state index contributed by atoms with van der Waals surface area (Å²) in [4.78, 5) is 12.7. The van der Waals surface area contributed by atoms with Gasteiger partial charge in [0, 0.05) is 10.1 Å². The van der Waals surface area contributed by atoms with E-state index in [1.54, 1.807) is 6.07 Å². The summed E-state index contributed by atoms with van der Waals surface area (Å²) in [7, 11) is 0. The van der Waals surface area contributed by atoms with Gasteiger partial charge in [-0.15, -0.1) is 11.3 Å². The van der Waals surface area contributed by atoms with Crippen LogP contribution < -0.4 is 11.1 Å². The van der Waals surface area contributed by atoms with Crippen LogP contribution in [0.5, 0.6) is 0 Å². The number of nitrogen functional groups attached to an aromatic ring is 1. The summed E-state index contributed by atoms with van der Waals surface area (Å²) in [6.45, 7) is -0.0374. The minimum absolute atomic E-state index is 0.0374. The smallest absolute Gasteiger partial charge is 0.264 e. The van der Waals surface area contributed by atoms with Crippen LogP contribution >= 0.6 is 22.9 Å². The fraction of sp³-hybridized carbons (Fsp3) is 0.308. The Labute approximate surface area is 119 Å². The molecule has 1 saturated carbocycles. The van der Waals surface area contributed by atoms with E-state index in [4.69, 9.17) is 17.3 Å². The minimum Gasteiger partial charge on any atom is -0.397 e. The molecule has 0 aliphatic heterocycles. The Morgan fingerprint density at radius 3 is 2.84 bits per heavy atom. The van der Waals surface area contributed by atoms with E-state index < -0.39 is 5.54 Å². The molecule has 100 valence electrons. The van der Waals surface area contributed by atoms with Crippen LogP contribution in [0.2, 0.25) is 5.02 Å². The normalized spacial score (nSPS) is 16.5. The Morgan fingerprint density at radius 1 is 1.53 bits per heavy atom. The van der Waals surface area contributed by atoms with Crippen molar-refractivity contribution in [3.05, 3.63) is 28.1 Å². The number of nitrogens with one attached hydrogen (secondary N) is 1. The van der Waals surface area contributed by atoms with Gasteiger partial charge < -0.3 is 16.2 Å². The molecule has 4 nitrogen and oxygen atoms in total. The van der Waals surface area contributed by atoms with Crippen molar-refractivity contribution in [2.45, 2.75) is 18.4 Å². The summed E-state index contributed by atoms with van der Waals surface area (Å²) in [5.41, 5.74) is 6.00. The highest BCUT2D eigenvalue weighted by Gasteiger charge is 2.44. The van der Waals surface area contributed by atoms with Gasteiger partial charge in [-0.3, -0.25) is 4.79 Å². The molecule has 1 amide bonds. The van der Waals surface area contributed by atoms with Gasteiger partial charge in [-0.05, 0) is 25.0 Å². The highest BCUT2D eigenvalue weighted by Crippen LogP contribution is 2.40. The summed E-state index contributed by atoms with van der Waals surface area (Å²) in [5.74, 6) is -0.235. The molecule has 0 saturated heterocycles. The summed E-state index contributed by atoms with van der Waals surface area (Å²) in [6, 6.07) is 5.47. The van der Waals surface area contributed by atoms with Gasteiger partial charge in [0.15, 0.2) is 0 Å². The molecule has 1 aliphatic carbocycles. The van der Waals surface area contributed by atoms with Crippen molar-refractivity contribution in [3.8, 4) is 0 Å². The Balaban J connectivity index is 1.99. The van der Waals surface area contributed by atoms with Crippen molar-refractivity contribution >= 4 is 44.6 Å². The second kappa shape index (κ2) is 4.37. The monoisotopic (exact) mass is 296 g/mol. The number of carbonyl (C=O) groups excluding carboxylic acids is 1. The van der Waals surface area contributed by atoms with Crippen molar-refractivity contribution in [2.24, 2.45) is 0 Å². The van der Waals surface area contributed by atoms with E-state index in [-0.39, 0.29) is 12.5 Å². The highest BCUT2D eigenvalue weighted by atomic mass is 35.5. The first-order chi connectivity index (χ1) is 9.06. The standard InChI is InChI=1S/C13H13ClN2O2S/c14-7-2-1-3-8-9(7)10(15)11(19-8)12(18)16-13(6-17)4-5-13/h1-3,17H,4-6,15H2,(H,16,18). The number of halogens is 1. The second-order valence-electron chi connectivity index (χ2n) is 4.85. The number of amides is 1. The number of hydrogen-bond acceptors (Lipinski definition) is 4. The zero-order valence-electron chi connectivity index (χ0n) is 10.1. The molecule has 1 heterocycles. The van der Waals surface area contributed by atoms with Crippen LogP contribution in [0.15, 0.2) is 18.2 Å². The molecule has 0 atom stereocenters. The fourth-order valence-electron chi connectivity index (χ4n) is 2.07. The number of hydrogen-bond donors (Lipinski definition) is 3. The number of fused-ring (bicyclic) bond motifs is 1. The van der Waals surface area contributed by atoms with Gasteiger partial charge in [0.2, 0.25) is 0 Å². The van der Waals surface area contributed by atoms with Gasteiger partial charge >= 0.3 is 0 Å². The van der Waals surface area contributed by atoms with Crippen LogP contribution in [0, 0.1) is 0 Å². The maximum Gasteiger partial charge on any atom is 0.264 e. The molecule has 0 bridgehead atoms. The molecular weight excluding hydrogens is 284 g/mol. The molecule has 0 radical (unpaired) electrons. The molecule has 1 fully saturated rings. The Hall–Kier alpha value is -1.30. The van der Waals surface area contributed by atoms with E-state index in [9.17, 15) is 9.90 Å². The molecule has 1 aromatic carbocycles. The molecule has 19 heavy (non-hydrogen) atoms. The van der Waals surface area contributed by atoms with Crippen molar-refractivity contribution in [1.82, 2.24) is 5.32 Å². The largest absolute Gasteiger partial charge is 0.397 e. The summed E-state index contributed by atoms with van der Waals surface area (Å²) >= 11 is 7.43. The van der Waals surface area contributed by atoms with Crippen LogP contribution in [-0.2, 0) is 0 Å². The predicted octanol–water partition coefficient (Wildman–Crippen LogP) is 2.39. The van der Waals surface area contributed by atoms with E-state index >= 15 is 0 Å². The SMILES string of the molecule is Nc1c(C(=O)NC2(CO)CC2)sc2cccc(Cl)c12. The quantitative estimate of drug-likeness (QED) is 0.814. The number of carbonyl (C=O) groups is 1. The number of nitrogens with two attached hydrogens (primary N) is 1. The summed E-state index contributed by atoms with van der Waals surface area (Å²) in [5, 5.41) is 13.4. The van der Waals surface area contributed by atoms with Crippen molar-refractivity contribution < 1.29 is 9.90 Å². The number of thiophene rings is 1. The zero-order chi connectivity index (χ0) is 13.6.